The summed E-state index contributed by atoms with van der Waals surface area (Å²) in [6.45, 7) is 10.6. The van der Waals surface area contributed by atoms with E-state index in [0.29, 0.717) is 0 Å². The maximum atomic E-state index is 3.25. The standard InChI is InChI=1S/C26H24P2.C3H5.2C2H6S.2Pd/c1-5-13-23(14-6-1)27(24-15-7-2-8-16-24)21-22-28(25-17-9-3-10-18-25)26-19-11-4-12-20-26;1-3-2;2*1-2-3;;/h1-20H,21-22H2;3H,1-2H2;2*3H,2H2,1H3;;/p+2. The van der Waals surface area contributed by atoms with Crippen LogP contribution < -0.4 is 21.2 Å². The second-order valence-electron chi connectivity index (χ2n) is 7.64. The van der Waals surface area contributed by atoms with Gasteiger partial charge in [-0.05, 0) is 109 Å². The van der Waals surface area contributed by atoms with Crippen molar-refractivity contribution in [3.8, 4) is 0 Å². The summed E-state index contributed by atoms with van der Waals surface area (Å²) in [7, 11) is -0.696. The van der Waals surface area contributed by atoms with Gasteiger partial charge in [0.25, 0.3) is 0 Å². The summed E-state index contributed by atoms with van der Waals surface area (Å²) in [6.07, 6.45) is 3.91. The Morgan fingerprint density at radius 1 is 0.487 bits per heavy atom. The topological polar surface area (TPSA) is 0 Å². The van der Waals surface area contributed by atoms with Crippen LogP contribution in [-0.4, -0.2) is 23.8 Å². The van der Waals surface area contributed by atoms with Crippen LogP contribution in [0.2, 0.25) is 0 Å². The van der Waals surface area contributed by atoms with Crippen molar-refractivity contribution in [2.45, 2.75) is 13.8 Å². The number of benzene rings is 4. The molecule has 4 rings (SSSR count). The van der Waals surface area contributed by atoms with E-state index in [2.05, 4.69) is 160 Å². The Balaban J connectivity index is 0. The summed E-state index contributed by atoms with van der Waals surface area (Å²) in [5, 5.41) is 5.89. The van der Waals surface area contributed by atoms with Crippen molar-refractivity contribution in [1.29, 1.82) is 0 Å². The van der Waals surface area contributed by atoms with E-state index in [-0.39, 0.29) is 56.7 Å². The summed E-state index contributed by atoms with van der Waals surface area (Å²) >= 11 is 6.37. The molecule has 0 bridgehead atoms. The van der Waals surface area contributed by atoms with E-state index in [4.69, 9.17) is 0 Å². The van der Waals surface area contributed by atoms with Gasteiger partial charge in [0.1, 0.15) is 11.5 Å². The van der Waals surface area contributed by atoms with Gasteiger partial charge in [0.05, 0.1) is 0 Å². The van der Waals surface area contributed by atoms with E-state index in [9.17, 15) is 0 Å². The molecular weight excluding hydrogens is 735 g/mol. The quantitative estimate of drug-likeness (QED) is 0.120. The summed E-state index contributed by atoms with van der Waals surface area (Å²) < 4.78 is 0. The Bertz CT molecular complexity index is 858. The molecule has 0 atom stereocenters. The van der Waals surface area contributed by atoms with Crippen molar-refractivity contribution in [2.75, 3.05) is 23.8 Å². The van der Waals surface area contributed by atoms with Crippen molar-refractivity contribution in [1.82, 2.24) is 0 Å². The molecule has 0 amide bonds. The van der Waals surface area contributed by atoms with E-state index in [1.165, 1.54) is 40.0 Å². The molecule has 4 aromatic carbocycles. The molecule has 0 spiro atoms. The molecule has 0 aromatic heterocycles. The third-order valence-corrected chi connectivity index (χ3v) is 10.2. The van der Waals surface area contributed by atoms with Gasteiger partial charge in [-0.25, -0.2) is 0 Å². The molecule has 3 radical (unpaired) electrons. The first-order valence-corrected chi connectivity index (χ1v) is 17.1. The average molecular weight is 779 g/mol. The monoisotopic (exact) mass is 777 g/mol. The fraction of sp³-hybridized carbons (Fsp3) is 0.182. The fourth-order valence-corrected chi connectivity index (χ4v) is 8.80. The van der Waals surface area contributed by atoms with Crippen LogP contribution in [0.4, 0.5) is 0 Å². The number of hydrogen-bond acceptors (Lipinski definition) is 0. The van der Waals surface area contributed by atoms with Gasteiger partial charge in [-0.15, -0.1) is 0 Å². The zero-order chi connectivity index (χ0) is 27.1. The molecule has 39 heavy (non-hydrogen) atoms. The van der Waals surface area contributed by atoms with Crippen LogP contribution in [0.3, 0.4) is 0 Å². The molecule has 0 unspecified atom stereocenters. The minimum atomic E-state index is -0.348. The van der Waals surface area contributed by atoms with Gasteiger partial charge < -0.3 is 0 Å². The molecule has 0 N–H and O–H groups in total. The first-order chi connectivity index (χ1) is 18.2. The van der Waals surface area contributed by atoms with Gasteiger partial charge in [-0.3, -0.25) is 0 Å². The Labute approximate surface area is 280 Å². The average Bonchev–Trinajstić information content (AvgIpc) is 2.94. The summed E-state index contributed by atoms with van der Waals surface area (Å²) in [5.74, 6) is 2.11. The molecule has 0 saturated carbocycles. The van der Waals surface area contributed by atoms with Gasteiger partial charge in [-0.1, -0.05) is 121 Å². The Hall–Kier alpha value is -0.235. The second kappa shape index (κ2) is 27.9. The molecule has 0 aliphatic heterocycles. The predicted molar refractivity (Wildman–Crippen MR) is 184 cm³/mol. The Morgan fingerprint density at radius 2 is 0.641 bits per heavy atom. The van der Waals surface area contributed by atoms with Crippen molar-refractivity contribution in [3.63, 3.8) is 0 Å². The molecule has 4 aromatic rings. The number of rotatable bonds is 7. The molecule has 215 valence electrons. The van der Waals surface area contributed by atoms with E-state index >= 15 is 0 Å². The van der Waals surface area contributed by atoms with Crippen molar-refractivity contribution < 1.29 is 40.8 Å². The second-order valence-corrected chi connectivity index (χ2v) is 13.7. The van der Waals surface area contributed by atoms with Crippen LogP contribution in [0.15, 0.2) is 121 Å². The maximum Gasteiger partial charge on any atom is 0.100 e. The van der Waals surface area contributed by atoms with Crippen LogP contribution in [0.1, 0.15) is 13.8 Å². The zero-order valence-electron chi connectivity index (χ0n) is 22.9. The van der Waals surface area contributed by atoms with Crippen LogP contribution in [0.5, 0.6) is 0 Å². The summed E-state index contributed by atoms with van der Waals surface area (Å²) in [5.41, 5.74) is 0. The smallest absolute Gasteiger partial charge is 0.0622 e. The molecule has 0 saturated heterocycles. The normalized spacial score (nSPS) is 9.33. The van der Waals surface area contributed by atoms with E-state index in [1.807, 2.05) is 13.8 Å². The Morgan fingerprint density at radius 3 is 0.795 bits per heavy atom. The summed E-state index contributed by atoms with van der Waals surface area (Å²) in [6, 6.07) is 44.2. The number of hydrogen-bond donors (Lipinski definition) is 0. The van der Waals surface area contributed by atoms with E-state index in [1.54, 1.807) is 0 Å². The van der Waals surface area contributed by atoms with Crippen LogP contribution >= 0.6 is 15.8 Å². The SMILES string of the molecule is CC[SH2+].CC[SH2+].[CH2][CH][CH2].[Pd].[Pd].c1ccc(P(CCP(c2ccccc2)c2ccccc2)c2ccccc2)cc1. The van der Waals surface area contributed by atoms with Gasteiger partial charge in [-0.2, -0.15) is 0 Å². The van der Waals surface area contributed by atoms with Crippen molar-refractivity contribution in [3.05, 3.63) is 142 Å². The van der Waals surface area contributed by atoms with Gasteiger partial charge in [0.2, 0.25) is 0 Å². The van der Waals surface area contributed by atoms with Crippen LogP contribution in [-0.2, 0) is 66.1 Å². The van der Waals surface area contributed by atoms with E-state index < -0.39 is 0 Å². The van der Waals surface area contributed by atoms with Gasteiger partial charge in [0, 0.05) is 40.8 Å². The minimum Gasteiger partial charge on any atom is -0.0622 e. The Kier molecular flexibility index (Phi) is 29.3. The predicted octanol–water partition coefficient (Wildman–Crippen LogP) is 6.14. The van der Waals surface area contributed by atoms with Crippen LogP contribution in [0, 0.1) is 20.3 Å². The third-order valence-electron chi connectivity index (χ3n) is 4.82. The molecule has 0 aliphatic rings. The minimum absolute atomic E-state index is 0. The molecule has 0 nitrogen and oxygen atoms in total. The molecular formula is C33H43P2Pd2S2+2. The summed E-state index contributed by atoms with van der Waals surface area (Å²) in [4.78, 5) is 0. The van der Waals surface area contributed by atoms with Crippen molar-refractivity contribution >= 4 is 62.3 Å². The molecule has 0 heterocycles. The first kappa shape index (κ1) is 40.9. The first-order valence-electron chi connectivity index (χ1n) is 12.6. The van der Waals surface area contributed by atoms with E-state index in [0.717, 1.165) is 11.5 Å². The molecule has 0 aliphatic carbocycles. The zero-order valence-corrected chi connectivity index (χ0v) is 29.8. The maximum absolute atomic E-state index is 3.25. The molecule has 0 fully saturated rings. The van der Waals surface area contributed by atoms with Crippen molar-refractivity contribution in [2.24, 2.45) is 0 Å². The fourth-order valence-electron chi connectivity index (χ4n) is 3.45. The van der Waals surface area contributed by atoms with Gasteiger partial charge >= 0.3 is 0 Å². The van der Waals surface area contributed by atoms with Gasteiger partial charge in [0.15, 0.2) is 0 Å². The third kappa shape index (κ3) is 17.4. The largest absolute Gasteiger partial charge is 0.100 e. The molecule has 6 heteroatoms. The van der Waals surface area contributed by atoms with Crippen LogP contribution in [0.25, 0.3) is 0 Å².